The zero-order valence-electron chi connectivity index (χ0n) is 16.9. The van der Waals surface area contributed by atoms with Gasteiger partial charge in [-0.15, -0.1) is 0 Å². The van der Waals surface area contributed by atoms with Crippen molar-refractivity contribution in [1.29, 1.82) is 0 Å². The van der Waals surface area contributed by atoms with Gasteiger partial charge in [-0.3, -0.25) is 0 Å². The average Bonchev–Trinajstić information content (AvgIpc) is 2.95. The van der Waals surface area contributed by atoms with Gasteiger partial charge < -0.3 is 10.4 Å². The fraction of sp³-hybridized carbons (Fsp3) is 0.318. The quantitative estimate of drug-likeness (QED) is 0.659. The van der Waals surface area contributed by atoms with Crippen molar-refractivity contribution >= 4 is 17.6 Å². The molecule has 3 aromatic rings. The first-order chi connectivity index (χ1) is 13.1. The van der Waals surface area contributed by atoms with Crippen LogP contribution in [-0.2, 0) is 6.42 Å². The van der Waals surface area contributed by atoms with E-state index in [1.165, 1.54) is 0 Å². The lowest BCUT2D eigenvalue weighted by molar-refractivity contribution is 0.0697. The molecular formula is C22H26N4O2. The maximum atomic E-state index is 11.6. The second-order valence-corrected chi connectivity index (χ2v) is 8.24. The van der Waals surface area contributed by atoms with E-state index in [2.05, 4.69) is 31.1 Å². The molecule has 3 rings (SSSR count). The Morgan fingerprint density at radius 3 is 2.50 bits per heavy atom. The monoisotopic (exact) mass is 378 g/mol. The number of hydrogen-bond acceptors (Lipinski definition) is 4. The second kappa shape index (κ2) is 7.46. The summed E-state index contributed by atoms with van der Waals surface area (Å²) in [4.78, 5) is 16.0. The number of carbonyl (C=O) groups is 1. The third-order valence-electron chi connectivity index (χ3n) is 4.33. The maximum Gasteiger partial charge on any atom is 0.339 e. The molecular weight excluding hydrogens is 352 g/mol. The first-order valence-electron chi connectivity index (χ1n) is 9.27. The lowest BCUT2D eigenvalue weighted by atomic mass is 9.91. The Kier molecular flexibility index (Phi) is 5.23. The molecule has 0 unspecified atom stereocenters. The largest absolute Gasteiger partial charge is 0.478 e. The summed E-state index contributed by atoms with van der Waals surface area (Å²) in [5.41, 5.74) is 3.89. The number of rotatable bonds is 5. The molecule has 2 aromatic heterocycles. The number of benzene rings is 1. The number of carboxylic acids is 1. The van der Waals surface area contributed by atoms with Crippen LogP contribution in [0.15, 0.2) is 42.5 Å². The number of aryl methyl sites for hydroxylation is 2. The van der Waals surface area contributed by atoms with Gasteiger partial charge in [0, 0.05) is 11.8 Å². The lowest BCUT2D eigenvalue weighted by Crippen LogP contribution is -2.10. The summed E-state index contributed by atoms with van der Waals surface area (Å²) in [6.07, 6.45) is 0.799. The van der Waals surface area contributed by atoms with Crippen LogP contribution >= 0.6 is 0 Å². The second-order valence-electron chi connectivity index (χ2n) is 8.24. The van der Waals surface area contributed by atoms with E-state index >= 15 is 0 Å². The summed E-state index contributed by atoms with van der Waals surface area (Å²) < 4.78 is 1.83. The predicted octanol–water partition coefficient (Wildman–Crippen LogP) is 4.91. The number of nitrogens with one attached hydrogen (secondary N) is 1. The molecule has 0 aliphatic carbocycles. The number of para-hydroxylation sites is 1. The van der Waals surface area contributed by atoms with E-state index in [1.54, 1.807) is 12.1 Å². The van der Waals surface area contributed by atoms with Crippen molar-refractivity contribution in [2.24, 2.45) is 5.41 Å². The van der Waals surface area contributed by atoms with Crippen LogP contribution in [0.1, 0.15) is 48.1 Å². The van der Waals surface area contributed by atoms with Crippen molar-refractivity contribution in [2.45, 2.75) is 41.0 Å². The zero-order chi connectivity index (χ0) is 20.5. The maximum absolute atomic E-state index is 11.6. The molecule has 6 heteroatoms. The van der Waals surface area contributed by atoms with Crippen LogP contribution in [0.4, 0.5) is 11.6 Å². The Balaban J connectivity index is 2.11. The van der Waals surface area contributed by atoms with Crippen LogP contribution in [0.5, 0.6) is 0 Å². The fourth-order valence-electron chi connectivity index (χ4n) is 3.08. The van der Waals surface area contributed by atoms with E-state index in [4.69, 9.17) is 5.10 Å². The standard InChI is InChI=1S/C22H26N4O2/c1-14-8-6-7-9-18(14)26-19(12-16(25-26)13-22(3,4)5)24-20-17(21(27)28)11-10-15(2)23-20/h6-12H,13H2,1-5H3,(H,23,24)(H,27,28). The van der Waals surface area contributed by atoms with E-state index in [1.807, 2.05) is 48.9 Å². The summed E-state index contributed by atoms with van der Waals surface area (Å²) in [6.45, 7) is 10.4. The van der Waals surface area contributed by atoms with Crippen molar-refractivity contribution in [3.63, 3.8) is 0 Å². The van der Waals surface area contributed by atoms with Gasteiger partial charge in [0.2, 0.25) is 0 Å². The smallest absolute Gasteiger partial charge is 0.339 e. The van der Waals surface area contributed by atoms with Gasteiger partial charge in [-0.25, -0.2) is 14.5 Å². The number of hydrogen-bond donors (Lipinski definition) is 2. The first kappa shape index (κ1) is 19.6. The van der Waals surface area contributed by atoms with Gasteiger partial charge in [-0.05, 0) is 49.4 Å². The highest BCUT2D eigenvalue weighted by molar-refractivity contribution is 5.93. The minimum Gasteiger partial charge on any atom is -0.478 e. The highest BCUT2D eigenvalue weighted by Crippen LogP contribution is 2.28. The summed E-state index contributed by atoms with van der Waals surface area (Å²) >= 11 is 0. The van der Waals surface area contributed by atoms with Gasteiger partial charge in [-0.1, -0.05) is 39.0 Å². The summed E-state index contributed by atoms with van der Waals surface area (Å²) in [5, 5.41) is 17.5. The van der Waals surface area contributed by atoms with E-state index in [0.717, 1.165) is 29.1 Å². The normalized spacial score (nSPS) is 11.5. The van der Waals surface area contributed by atoms with Gasteiger partial charge >= 0.3 is 5.97 Å². The number of aromatic carboxylic acids is 1. The molecule has 0 fully saturated rings. The molecule has 2 heterocycles. The number of pyridine rings is 1. The molecule has 6 nitrogen and oxygen atoms in total. The highest BCUT2D eigenvalue weighted by Gasteiger charge is 2.19. The molecule has 0 atom stereocenters. The number of aromatic nitrogens is 3. The first-order valence-corrected chi connectivity index (χ1v) is 9.27. The van der Waals surface area contributed by atoms with Gasteiger partial charge in [0.1, 0.15) is 17.2 Å². The van der Waals surface area contributed by atoms with Crippen molar-refractivity contribution in [3.8, 4) is 5.69 Å². The molecule has 0 radical (unpaired) electrons. The molecule has 2 N–H and O–H groups in total. The van der Waals surface area contributed by atoms with Crippen molar-refractivity contribution in [1.82, 2.24) is 14.8 Å². The number of carboxylic acid groups (broad SMARTS) is 1. The third-order valence-corrected chi connectivity index (χ3v) is 4.33. The van der Waals surface area contributed by atoms with Gasteiger partial charge in [0.15, 0.2) is 0 Å². The highest BCUT2D eigenvalue weighted by atomic mass is 16.4. The van der Waals surface area contributed by atoms with Gasteiger partial charge in [-0.2, -0.15) is 5.10 Å². The summed E-state index contributed by atoms with van der Waals surface area (Å²) in [6, 6.07) is 13.2. The van der Waals surface area contributed by atoms with Crippen molar-refractivity contribution in [2.75, 3.05) is 5.32 Å². The Bertz CT molecular complexity index is 1020. The van der Waals surface area contributed by atoms with Gasteiger partial charge in [0.25, 0.3) is 0 Å². The van der Waals surface area contributed by atoms with E-state index in [-0.39, 0.29) is 11.0 Å². The zero-order valence-corrected chi connectivity index (χ0v) is 16.9. The minimum absolute atomic E-state index is 0.0794. The third kappa shape index (κ3) is 4.39. The Morgan fingerprint density at radius 2 is 1.86 bits per heavy atom. The molecule has 0 aliphatic heterocycles. The summed E-state index contributed by atoms with van der Waals surface area (Å²) in [7, 11) is 0. The van der Waals surface area contributed by atoms with E-state index < -0.39 is 5.97 Å². The number of nitrogens with zero attached hydrogens (tertiary/aromatic N) is 3. The Labute approximate surface area is 165 Å². The molecule has 0 saturated carbocycles. The van der Waals surface area contributed by atoms with E-state index in [9.17, 15) is 9.90 Å². The Morgan fingerprint density at radius 1 is 1.14 bits per heavy atom. The van der Waals surface area contributed by atoms with E-state index in [0.29, 0.717) is 11.6 Å². The van der Waals surface area contributed by atoms with Crippen LogP contribution in [0, 0.1) is 19.3 Å². The van der Waals surface area contributed by atoms with Crippen LogP contribution in [0.25, 0.3) is 5.69 Å². The molecule has 0 spiro atoms. The molecule has 0 aliphatic rings. The SMILES string of the molecule is Cc1ccc(C(=O)O)c(Nc2cc(CC(C)(C)C)nn2-c2ccccc2C)n1. The van der Waals surface area contributed by atoms with Gasteiger partial charge in [0.05, 0.1) is 11.4 Å². The molecule has 146 valence electrons. The average molecular weight is 378 g/mol. The predicted molar refractivity (Wildman–Crippen MR) is 111 cm³/mol. The number of anilines is 2. The minimum atomic E-state index is -1.02. The molecule has 0 bridgehead atoms. The van der Waals surface area contributed by atoms with Crippen molar-refractivity contribution in [3.05, 3.63) is 65.0 Å². The van der Waals surface area contributed by atoms with Crippen LogP contribution in [0.2, 0.25) is 0 Å². The fourth-order valence-corrected chi connectivity index (χ4v) is 3.08. The lowest BCUT2D eigenvalue weighted by Gasteiger charge is -2.15. The molecule has 0 saturated heterocycles. The summed E-state index contributed by atoms with van der Waals surface area (Å²) in [5.74, 6) is -0.0226. The van der Waals surface area contributed by atoms with Crippen LogP contribution < -0.4 is 5.32 Å². The van der Waals surface area contributed by atoms with Crippen molar-refractivity contribution < 1.29 is 9.90 Å². The Hall–Kier alpha value is -3.15. The molecule has 28 heavy (non-hydrogen) atoms. The molecule has 1 aromatic carbocycles. The topological polar surface area (TPSA) is 80.0 Å². The van der Waals surface area contributed by atoms with Crippen LogP contribution in [0.3, 0.4) is 0 Å². The van der Waals surface area contributed by atoms with Crippen LogP contribution in [-0.4, -0.2) is 25.8 Å². The molecule has 0 amide bonds.